The van der Waals surface area contributed by atoms with Crippen LogP contribution in [0.2, 0.25) is 10.0 Å². The highest BCUT2D eigenvalue weighted by Gasteiger charge is 2.50. The summed E-state index contributed by atoms with van der Waals surface area (Å²) in [4.78, 5) is 10.3. The van der Waals surface area contributed by atoms with Crippen molar-refractivity contribution in [2.24, 2.45) is 21.6 Å². The summed E-state index contributed by atoms with van der Waals surface area (Å²) in [6.07, 6.45) is 2.66. The smallest absolute Gasteiger partial charge is 0.127 e. The molecular weight excluding hydrogens is 363 g/mol. The number of hydrogen-bond acceptors (Lipinski definition) is 4. The summed E-state index contributed by atoms with van der Waals surface area (Å²) < 4.78 is 0. The number of nitrogens with zero attached hydrogens (tertiary/aromatic N) is 2. The Balaban J connectivity index is 2.39. The molecular formula is C17H24Cl2N4S. The van der Waals surface area contributed by atoms with Gasteiger partial charge in [-0.3, -0.25) is 9.98 Å². The quantitative estimate of drug-likeness (QED) is 0.554. The number of hydrogen-bond donors (Lipinski definition) is 2. The Morgan fingerprint density at radius 1 is 1.38 bits per heavy atom. The highest BCUT2D eigenvalue weighted by molar-refractivity contribution is 8.00. The molecule has 0 spiro atoms. The molecule has 1 heterocycles. The number of benzene rings is 1. The molecule has 1 aromatic carbocycles. The van der Waals surface area contributed by atoms with Gasteiger partial charge in [0.1, 0.15) is 5.37 Å². The Bertz CT molecular complexity index is 623. The third-order valence-electron chi connectivity index (χ3n) is 4.27. The number of rotatable bonds is 6. The summed E-state index contributed by atoms with van der Waals surface area (Å²) in [6.45, 7) is 8.32. The summed E-state index contributed by atoms with van der Waals surface area (Å²) >= 11 is 13.9. The summed E-state index contributed by atoms with van der Waals surface area (Å²) in [7, 11) is 0. The van der Waals surface area contributed by atoms with Crippen molar-refractivity contribution in [1.29, 1.82) is 0 Å². The van der Waals surface area contributed by atoms with E-state index in [2.05, 4.69) is 36.1 Å². The van der Waals surface area contributed by atoms with Crippen LogP contribution in [0.3, 0.4) is 0 Å². The van der Waals surface area contributed by atoms with Crippen LogP contribution in [0.5, 0.6) is 0 Å². The maximum atomic E-state index is 6.14. The summed E-state index contributed by atoms with van der Waals surface area (Å²) in [6, 6.07) is 5.58. The van der Waals surface area contributed by atoms with Gasteiger partial charge in [0.15, 0.2) is 0 Å². The lowest BCUT2D eigenvalue weighted by molar-refractivity contribution is 0.230. The zero-order valence-electron chi connectivity index (χ0n) is 14.4. The van der Waals surface area contributed by atoms with E-state index in [0.717, 1.165) is 11.3 Å². The highest BCUT2D eigenvalue weighted by Crippen LogP contribution is 2.42. The molecule has 3 unspecified atom stereocenters. The van der Waals surface area contributed by atoms with Gasteiger partial charge in [-0.2, -0.15) is 0 Å². The second-order valence-electron chi connectivity index (χ2n) is 6.28. The number of nitrogens with one attached hydrogen (secondary N) is 1. The maximum absolute atomic E-state index is 6.14. The van der Waals surface area contributed by atoms with Crippen molar-refractivity contribution in [3.8, 4) is 0 Å². The Kier molecular flexibility index (Phi) is 6.46. The van der Waals surface area contributed by atoms with Gasteiger partial charge in [0.05, 0.1) is 23.8 Å². The van der Waals surface area contributed by atoms with E-state index in [-0.39, 0.29) is 17.0 Å². The predicted octanol–water partition coefficient (Wildman–Crippen LogP) is 4.59. The summed E-state index contributed by atoms with van der Waals surface area (Å²) in [5, 5.41) is 4.69. The Morgan fingerprint density at radius 3 is 2.50 bits per heavy atom. The minimum atomic E-state index is -0.311. The van der Waals surface area contributed by atoms with Crippen molar-refractivity contribution < 1.29 is 0 Å². The fourth-order valence-corrected chi connectivity index (χ4v) is 5.26. The Labute approximate surface area is 158 Å². The molecule has 1 aromatic rings. The van der Waals surface area contributed by atoms with Crippen LogP contribution in [0.15, 0.2) is 33.1 Å². The lowest BCUT2D eigenvalue weighted by Crippen LogP contribution is -2.60. The molecule has 24 heavy (non-hydrogen) atoms. The zero-order chi connectivity index (χ0) is 17.9. The molecule has 4 nitrogen and oxygen atoms in total. The molecule has 132 valence electrons. The molecule has 1 aliphatic rings. The van der Waals surface area contributed by atoms with E-state index in [9.17, 15) is 0 Å². The molecule has 7 heteroatoms. The van der Waals surface area contributed by atoms with Crippen LogP contribution in [0.25, 0.3) is 0 Å². The van der Waals surface area contributed by atoms with Gasteiger partial charge in [-0.05, 0) is 37.5 Å². The molecule has 0 fully saturated rings. The minimum Gasteiger partial charge on any atom is -0.388 e. The van der Waals surface area contributed by atoms with Crippen molar-refractivity contribution in [2.45, 2.75) is 56.0 Å². The molecule has 0 radical (unpaired) electrons. The van der Waals surface area contributed by atoms with E-state index in [0.29, 0.717) is 21.8 Å². The van der Waals surface area contributed by atoms with Crippen molar-refractivity contribution in [2.75, 3.05) is 0 Å². The van der Waals surface area contributed by atoms with Crippen LogP contribution in [-0.4, -0.2) is 29.1 Å². The number of amidine groups is 1. The first-order chi connectivity index (χ1) is 11.3. The van der Waals surface area contributed by atoms with Crippen LogP contribution in [0.4, 0.5) is 0 Å². The van der Waals surface area contributed by atoms with Crippen molar-refractivity contribution in [3.05, 3.63) is 28.2 Å². The molecule has 0 saturated heterocycles. The third kappa shape index (κ3) is 4.01. The van der Waals surface area contributed by atoms with Gasteiger partial charge < -0.3 is 11.1 Å². The van der Waals surface area contributed by atoms with Gasteiger partial charge in [-0.1, -0.05) is 55.7 Å². The first-order valence-corrected chi connectivity index (χ1v) is 9.65. The van der Waals surface area contributed by atoms with E-state index in [1.807, 2.05) is 19.1 Å². The molecule has 0 amide bonds. The van der Waals surface area contributed by atoms with Gasteiger partial charge in [-0.15, -0.1) is 0 Å². The van der Waals surface area contributed by atoms with Gasteiger partial charge in [0.25, 0.3) is 0 Å². The molecule has 1 aliphatic heterocycles. The topological polar surface area (TPSA) is 62.8 Å². The van der Waals surface area contributed by atoms with Crippen LogP contribution in [0.1, 0.15) is 34.1 Å². The molecule has 3 atom stereocenters. The van der Waals surface area contributed by atoms with Crippen LogP contribution >= 0.6 is 35.0 Å². The molecule has 0 saturated carbocycles. The van der Waals surface area contributed by atoms with Crippen LogP contribution in [0, 0.1) is 5.92 Å². The van der Waals surface area contributed by atoms with Crippen molar-refractivity contribution in [1.82, 2.24) is 5.32 Å². The highest BCUT2D eigenvalue weighted by atomic mass is 35.5. The second kappa shape index (κ2) is 7.98. The molecule has 2 rings (SSSR count). The van der Waals surface area contributed by atoms with Crippen molar-refractivity contribution >= 4 is 47.1 Å². The third-order valence-corrected chi connectivity index (χ3v) is 5.95. The SMILES string of the molecule is CCC(N=C(C)N)C1(C(C)C)NC=NC1Sc1cc(Cl)cc(Cl)c1. The lowest BCUT2D eigenvalue weighted by atomic mass is 9.79. The zero-order valence-corrected chi connectivity index (χ0v) is 16.7. The summed E-state index contributed by atoms with van der Waals surface area (Å²) in [5.41, 5.74) is 5.56. The average molecular weight is 387 g/mol. The fraction of sp³-hybridized carbons (Fsp3) is 0.529. The van der Waals surface area contributed by atoms with E-state index >= 15 is 0 Å². The van der Waals surface area contributed by atoms with Gasteiger partial charge in [0.2, 0.25) is 0 Å². The van der Waals surface area contributed by atoms with Gasteiger partial charge >= 0.3 is 0 Å². The van der Waals surface area contributed by atoms with Gasteiger partial charge in [0, 0.05) is 14.9 Å². The molecule has 3 N–H and O–H groups in total. The number of nitrogens with two attached hydrogens (primary N) is 1. The predicted molar refractivity (Wildman–Crippen MR) is 107 cm³/mol. The largest absolute Gasteiger partial charge is 0.388 e. The first-order valence-electron chi connectivity index (χ1n) is 8.01. The lowest BCUT2D eigenvalue weighted by Gasteiger charge is -2.42. The number of aliphatic imine (C=N–C) groups is 2. The van der Waals surface area contributed by atoms with Gasteiger partial charge in [-0.25, -0.2) is 0 Å². The van der Waals surface area contributed by atoms with E-state index in [1.165, 1.54) is 0 Å². The second-order valence-corrected chi connectivity index (χ2v) is 8.31. The van der Waals surface area contributed by atoms with Crippen LogP contribution < -0.4 is 11.1 Å². The Hall–Kier alpha value is -0.910. The normalized spacial score (nSPS) is 25.1. The standard InChI is InChI=1S/C17H24Cl2N4S/c1-5-15(23-11(4)20)17(10(2)3)16(21-9-22-17)24-14-7-12(18)6-13(19)8-14/h6-10,15-16H,5H2,1-4H3,(H2,20,23)(H,21,22). The van der Waals surface area contributed by atoms with Crippen LogP contribution in [-0.2, 0) is 0 Å². The molecule has 0 aromatic heterocycles. The van der Waals surface area contributed by atoms with E-state index < -0.39 is 0 Å². The average Bonchev–Trinajstić information content (AvgIpc) is 2.88. The van der Waals surface area contributed by atoms with E-state index in [1.54, 1.807) is 24.2 Å². The summed E-state index contributed by atoms with van der Waals surface area (Å²) in [5.74, 6) is 0.894. The van der Waals surface area contributed by atoms with E-state index in [4.69, 9.17) is 28.9 Å². The molecule has 0 aliphatic carbocycles. The Morgan fingerprint density at radius 2 is 2.00 bits per heavy atom. The monoisotopic (exact) mass is 386 g/mol. The number of thioether (sulfide) groups is 1. The maximum Gasteiger partial charge on any atom is 0.127 e. The number of halogens is 2. The van der Waals surface area contributed by atoms with Crippen molar-refractivity contribution in [3.63, 3.8) is 0 Å². The minimum absolute atomic E-state index is 0.0251. The first kappa shape index (κ1) is 19.4. The molecule has 0 bridgehead atoms. The fourth-order valence-electron chi connectivity index (χ4n) is 3.14.